The summed E-state index contributed by atoms with van der Waals surface area (Å²) in [6.45, 7) is 5.15. The van der Waals surface area contributed by atoms with E-state index >= 15 is 0 Å². The highest BCUT2D eigenvalue weighted by molar-refractivity contribution is 7.92. The van der Waals surface area contributed by atoms with Gasteiger partial charge in [-0.25, -0.2) is 12.8 Å². The van der Waals surface area contributed by atoms with Crippen LogP contribution in [0.4, 0.5) is 10.1 Å². The fourth-order valence-electron chi connectivity index (χ4n) is 3.83. The molecule has 1 N–H and O–H groups in total. The Bertz CT molecular complexity index is 1170. The molecule has 0 fully saturated rings. The van der Waals surface area contributed by atoms with E-state index in [0.717, 1.165) is 10.7 Å². The van der Waals surface area contributed by atoms with Crippen molar-refractivity contribution in [3.63, 3.8) is 0 Å². The molecule has 0 saturated carbocycles. The standard InChI is InChI=1S/C25H32FN3O6S/c1-4-13-27-25(31)21(5-2)28(15-18-7-9-19(26)10-8-18)24(30)16-29(36(32,33)6-3)20-11-12-22-23(14-20)35-17-34-22/h7-12,14,21H,4-6,13,15-17H2,1-3H3,(H,27,31). The first-order chi connectivity index (χ1) is 17.2. The van der Waals surface area contributed by atoms with Gasteiger partial charge in [0.15, 0.2) is 11.5 Å². The average Bonchev–Trinajstić information content (AvgIpc) is 3.34. The molecular weight excluding hydrogens is 489 g/mol. The minimum absolute atomic E-state index is 0.0122. The van der Waals surface area contributed by atoms with Gasteiger partial charge in [-0.05, 0) is 49.6 Å². The highest BCUT2D eigenvalue weighted by Crippen LogP contribution is 2.36. The monoisotopic (exact) mass is 521 g/mol. The first kappa shape index (κ1) is 27.3. The molecule has 9 nitrogen and oxygen atoms in total. The van der Waals surface area contributed by atoms with Gasteiger partial charge in [-0.2, -0.15) is 0 Å². The number of hydrogen-bond donors (Lipinski definition) is 1. The van der Waals surface area contributed by atoms with Gasteiger partial charge >= 0.3 is 0 Å². The lowest BCUT2D eigenvalue weighted by molar-refractivity contribution is -0.140. The summed E-state index contributed by atoms with van der Waals surface area (Å²) >= 11 is 0. The Balaban J connectivity index is 1.95. The molecule has 0 aromatic heterocycles. The number of fused-ring (bicyclic) bond motifs is 1. The second-order valence-electron chi connectivity index (χ2n) is 8.31. The van der Waals surface area contributed by atoms with Crippen LogP contribution in [0, 0.1) is 5.82 Å². The third kappa shape index (κ3) is 6.45. The topological polar surface area (TPSA) is 105 Å². The minimum Gasteiger partial charge on any atom is -0.454 e. The molecule has 0 spiro atoms. The van der Waals surface area contributed by atoms with E-state index in [1.165, 1.54) is 42.2 Å². The Hall–Kier alpha value is -3.34. The fourth-order valence-corrected chi connectivity index (χ4v) is 4.89. The number of sulfonamides is 1. The first-order valence-electron chi connectivity index (χ1n) is 11.9. The van der Waals surface area contributed by atoms with Crippen molar-refractivity contribution < 1.29 is 31.9 Å². The van der Waals surface area contributed by atoms with E-state index in [4.69, 9.17) is 9.47 Å². The molecule has 196 valence electrons. The zero-order chi connectivity index (χ0) is 26.3. The van der Waals surface area contributed by atoms with Gasteiger partial charge in [-0.15, -0.1) is 0 Å². The van der Waals surface area contributed by atoms with Gasteiger partial charge in [0.05, 0.1) is 11.4 Å². The molecule has 1 unspecified atom stereocenters. The molecule has 2 aromatic rings. The molecular formula is C25H32FN3O6S. The zero-order valence-corrected chi connectivity index (χ0v) is 21.5. The number of halogens is 1. The Morgan fingerprint density at radius 1 is 1.06 bits per heavy atom. The number of nitrogens with one attached hydrogen (secondary N) is 1. The van der Waals surface area contributed by atoms with Crippen molar-refractivity contribution >= 4 is 27.5 Å². The summed E-state index contributed by atoms with van der Waals surface area (Å²) in [5.74, 6) is -0.691. The molecule has 1 aliphatic rings. The minimum atomic E-state index is -3.87. The van der Waals surface area contributed by atoms with Gasteiger partial charge < -0.3 is 19.7 Å². The Morgan fingerprint density at radius 2 is 1.75 bits per heavy atom. The molecule has 0 saturated heterocycles. The van der Waals surface area contributed by atoms with Gasteiger partial charge in [0, 0.05) is 19.2 Å². The second kappa shape index (κ2) is 12.1. The van der Waals surface area contributed by atoms with Crippen molar-refractivity contribution in [2.24, 2.45) is 0 Å². The lowest BCUT2D eigenvalue weighted by Gasteiger charge is -2.33. The molecule has 2 aromatic carbocycles. The summed E-state index contributed by atoms with van der Waals surface area (Å²) in [6, 6.07) is 9.42. The summed E-state index contributed by atoms with van der Waals surface area (Å²) in [4.78, 5) is 28.0. The molecule has 0 bridgehead atoms. The van der Waals surface area contributed by atoms with Gasteiger partial charge in [0.2, 0.25) is 28.6 Å². The van der Waals surface area contributed by atoms with Crippen LogP contribution in [-0.4, -0.2) is 56.8 Å². The maximum absolute atomic E-state index is 13.7. The Labute approximate surface area is 211 Å². The van der Waals surface area contributed by atoms with Crippen LogP contribution in [-0.2, 0) is 26.2 Å². The number of nitrogens with zero attached hydrogens (tertiary/aromatic N) is 2. The van der Waals surface area contributed by atoms with Crippen LogP contribution in [0.5, 0.6) is 11.5 Å². The fraction of sp³-hybridized carbons (Fsp3) is 0.440. The number of carbonyl (C=O) groups excluding carboxylic acids is 2. The van der Waals surface area contributed by atoms with Crippen LogP contribution >= 0.6 is 0 Å². The molecule has 11 heteroatoms. The van der Waals surface area contributed by atoms with Gasteiger partial charge in [0.25, 0.3) is 0 Å². The number of rotatable bonds is 12. The van der Waals surface area contributed by atoms with E-state index in [1.54, 1.807) is 19.1 Å². The molecule has 3 rings (SSSR count). The van der Waals surface area contributed by atoms with Crippen LogP contribution in [0.2, 0.25) is 0 Å². The number of carbonyl (C=O) groups is 2. The van der Waals surface area contributed by atoms with Crippen molar-refractivity contribution in [2.75, 3.05) is 29.9 Å². The lowest BCUT2D eigenvalue weighted by atomic mass is 10.1. The second-order valence-corrected chi connectivity index (χ2v) is 10.5. The van der Waals surface area contributed by atoms with Crippen molar-refractivity contribution in [1.29, 1.82) is 0 Å². The molecule has 2 amide bonds. The number of amides is 2. The predicted octanol–water partition coefficient (Wildman–Crippen LogP) is 3.04. The summed E-state index contributed by atoms with van der Waals surface area (Å²) in [5, 5.41) is 2.81. The van der Waals surface area contributed by atoms with E-state index in [9.17, 15) is 22.4 Å². The van der Waals surface area contributed by atoms with E-state index in [0.29, 0.717) is 30.0 Å². The van der Waals surface area contributed by atoms with Crippen molar-refractivity contribution in [1.82, 2.24) is 10.2 Å². The molecule has 0 radical (unpaired) electrons. The van der Waals surface area contributed by atoms with Gasteiger partial charge in [0.1, 0.15) is 18.4 Å². The lowest BCUT2D eigenvalue weighted by Crippen LogP contribution is -2.52. The normalized spacial score (nSPS) is 13.2. The predicted molar refractivity (Wildman–Crippen MR) is 134 cm³/mol. The number of benzene rings is 2. The molecule has 36 heavy (non-hydrogen) atoms. The Kier molecular flexibility index (Phi) is 9.14. The van der Waals surface area contributed by atoms with E-state index in [-0.39, 0.29) is 30.7 Å². The number of anilines is 1. The third-order valence-electron chi connectivity index (χ3n) is 5.82. The average molecular weight is 522 g/mol. The van der Waals surface area contributed by atoms with E-state index < -0.39 is 34.3 Å². The highest BCUT2D eigenvalue weighted by atomic mass is 32.2. The van der Waals surface area contributed by atoms with Crippen LogP contribution in [0.15, 0.2) is 42.5 Å². The third-order valence-corrected chi connectivity index (χ3v) is 7.57. The number of hydrogen-bond acceptors (Lipinski definition) is 6. The summed E-state index contributed by atoms with van der Waals surface area (Å²) in [6.07, 6.45) is 1.04. The maximum Gasteiger partial charge on any atom is 0.244 e. The molecule has 1 aliphatic heterocycles. The van der Waals surface area contributed by atoms with Gasteiger partial charge in [-0.1, -0.05) is 26.0 Å². The quantitative estimate of drug-likeness (QED) is 0.460. The van der Waals surface area contributed by atoms with Crippen LogP contribution in [0.25, 0.3) is 0 Å². The van der Waals surface area contributed by atoms with Crippen LogP contribution in [0.1, 0.15) is 39.2 Å². The Morgan fingerprint density at radius 3 is 2.39 bits per heavy atom. The molecule has 1 heterocycles. The first-order valence-corrected chi connectivity index (χ1v) is 13.5. The molecule has 0 aliphatic carbocycles. The largest absolute Gasteiger partial charge is 0.454 e. The van der Waals surface area contributed by atoms with Crippen LogP contribution < -0.4 is 19.1 Å². The van der Waals surface area contributed by atoms with Crippen molar-refractivity contribution in [3.8, 4) is 11.5 Å². The summed E-state index contributed by atoms with van der Waals surface area (Å²) in [7, 11) is -3.87. The summed E-state index contributed by atoms with van der Waals surface area (Å²) < 4.78 is 51.2. The molecule has 1 atom stereocenters. The SMILES string of the molecule is CCCNC(=O)C(CC)N(Cc1ccc(F)cc1)C(=O)CN(c1ccc2c(c1)OCO2)S(=O)(=O)CC. The van der Waals surface area contributed by atoms with Gasteiger partial charge in [-0.3, -0.25) is 13.9 Å². The number of ether oxygens (including phenoxy) is 2. The highest BCUT2D eigenvalue weighted by Gasteiger charge is 2.33. The van der Waals surface area contributed by atoms with Crippen molar-refractivity contribution in [3.05, 3.63) is 53.8 Å². The zero-order valence-electron chi connectivity index (χ0n) is 20.7. The smallest absolute Gasteiger partial charge is 0.244 e. The maximum atomic E-state index is 13.7. The van der Waals surface area contributed by atoms with Crippen molar-refractivity contribution in [2.45, 2.75) is 46.2 Å². The summed E-state index contributed by atoms with van der Waals surface area (Å²) in [5.41, 5.74) is 0.860. The van der Waals surface area contributed by atoms with E-state index in [2.05, 4.69) is 5.32 Å². The van der Waals surface area contributed by atoms with E-state index in [1.807, 2.05) is 6.92 Å². The van der Waals surface area contributed by atoms with Crippen LogP contribution in [0.3, 0.4) is 0 Å².